The Bertz CT molecular complexity index is 530. The van der Waals surface area contributed by atoms with Crippen molar-refractivity contribution < 1.29 is 9.53 Å². The number of anilines is 1. The quantitative estimate of drug-likeness (QED) is 0.781. The van der Waals surface area contributed by atoms with E-state index >= 15 is 0 Å². The van der Waals surface area contributed by atoms with Crippen LogP contribution in [-0.4, -0.2) is 36.3 Å². The van der Waals surface area contributed by atoms with Crippen LogP contribution < -0.4 is 15.4 Å². The molecule has 2 N–H and O–H groups in total. The molecule has 6 nitrogen and oxygen atoms in total. The van der Waals surface area contributed by atoms with Crippen LogP contribution >= 0.6 is 11.3 Å². The van der Waals surface area contributed by atoms with Gasteiger partial charge in [-0.3, -0.25) is 4.79 Å². The van der Waals surface area contributed by atoms with Crippen molar-refractivity contribution in [3.63, 3.8) is 0 Å². The number of carbonyl (C=O) groups excluding carboxylic acids is 1. The summed E-state index contributed by atoms with van der Waals surface area (Å²) >= 11 is 1.21. The fraction of sp³-hybridized carbons (Fsp3) is 0.250. The largest absolute Gasteiger partial charge is 0.492 e. The summed E-state index contributed by atoms with van der Waals surface area (Å²) in [7, 11) is 1.73. The summed E-state index contributed by atoms with van der Waals surface area (Å²) in [6.45, 7) is 0.829. The minimum Gasteiger partial charge on any atom is -0.492 e. The zero-order chi connectivity index (χ0) is 13.5. The van der Waals surface area contributed by atoms with E-state index in [1.54, 1.807) is 7.05 Å². The second-order valence-corrected chi connectivity index (χ2v) is 4.56. The second kappa shape index (κ2) is 6.69. The van der Waals surface area contributed by atoms with Crippen molar-refractivity contribution in [2.75, 3.05) is 25.5 Å². The monoisotopic (exact) mass is 278 g/mol. The smallest absolute Gasteiger partial charge is 0.282 e. The molecule has 100 valence electrons. The van der Waals surface area contributed by atoms with E-state index in [0.717, 1.165) is 5.75 Å². The molecule has 2 rings (SSSR count). The lowest BCUT2D eigenvalue weighted by atomic mass is 10.3. The molecule has 0 aliphatic rings. The number of hydrogen-bond donors (Lipinski definition) is 2. The van der Waals surface area contributed by atoms with Crippen LogP contribution in [0.5, 0.6) is 5.75 Å². The predicted octanol–water partition coefficient (Wildman–Crippen LogP) is 1.39. The average Bonchev–Trinajstić information content (AvgIpc) is 2.93. The molecule has 1 aromatic carbocycles. The van der Waals surface area contributed by atoms with Gasteiger partial charge in [0.1, 0.15) is 12.4 Å². The van der Waals surface area contributed by atoms with Crippen molar-refractivity contribution in [3.8, 4) is 5.75 Å². The van der Waals surface area contributed by atoms with Crippen LogP contribution in [0, 0.1) is 0 Å². The molecular weight excluding hydrogens is 264 g/mol. The number of aromatic nitrogens is 2. The Labute approximate surface area is 114 Å². The summed E-state index contributed by atoms with van der Waals surface area (Å²) in [4.78, 5) is 11.7. The lowest BCUT2D eigenvalue weighted by Crippen LogP contribution is -2.28. The molecule has 0 aliphatic heterocycles. The number of carbonyl (C=O) groups is 1. The third-order valence-corrected chi connectivity index (χ3v) is 3.17. The lowest BCUT2D eigenvalue weighted by Gasteiger charge is -2.06. The molecule has 0 radical (unpaired) electrons. The van der Waals surface area contributed by atoms with Crippen LogP contribution in [-0.2, 0) is 0 Å². The highest BCUT2D eigenvalue weighted by Crippen LogP contribution is 2.13. The summed E-state index contributed by atoms with van der Waals surface area (Å²) < 4.78 is 5.46. The molecular formula is C12H14N4O2S. The minimum absolute atomic E-state index is 0.240. The van der Waals surface area contributed by atoms with E-state index < -0.39 is 0 Å². The molecule has 0 bridgehead atoms. The number of benzene rings is 1. The molecule has 2 aromatic rings. The van der Waals surface area contributed by atoms with Crippen molar-refractivity contribution in [1.29, 1.82) is 0 Å². The van der Waals surface area contributed by atoms with E-state index in [0.29, 0.717) is 23.3 Å². The van der Waals surface area contributed by atoms with Crippen molar-refractivity contribution in [3.05, 3.63) is 35.3 Å². The fourth-order valence-corrected chi connectivity index (χ4v) is 1.96. The molecule has 1 heterocycles. The Hall–Kier alpha value is -2.15. The molecule has 0 fully saturated rings. The Morgan fingerprint density at radius 1 is 1.32 bits per heavy atom. The van der Waals surface area contributed by atoms with Crippen molar-refractivity contribution in [2.45, 2.75) is 0 Å². The highest BCUT2D eigenvalue weighted by Gasteiger charge is 2.11. The topological polar surface area (TPSA) is 76.1 Å². The first kappa shape index (κ1) is 13.3. The van der Waals surface area contributed by atoms with Crippen LogP contribution in [0.25, 0.3) is 0 Å². The number of nitrogens with zero attached hydrogens (tertiary/aromatic N) is 2. The van der Waals surface area contributed by atoms with Crippen molar-refractivity contribution >= 4 is 22.4 Å². The van der Waals surface area contributed by atoms with Gasteiger partial charge >= 0.3 is 0 Å². The first-order valence-electron chi connectivity index (χ1n) is 5.77. The van der Waals surface area contributed by atoms with E-state index in [1.807, 2.05) is 30.3 Å². The van der Waals surface area contributed by atoms with E-state index in [-0.39, 0.29) is 5.91 Å². The number of ether oxygens (including phenoxy) is 1. The van der Waals surface area contributed by atoms with Crippen molar-refractivity contribution in [2.24, 2.45) is 0 Å². The molecule has 0 saturated carbocycles. The van der Waals surface area contributed by atoms with E-state index in [4.69, 9.17) is 4.74 Å². The summed E-state index contributed by atoms with van der Waals surface area (Å²) in [5, 5.41) is 14.1. The van der Waals surface area contributed by atoms with Gasteiger partial charge in [0.2, 0.25) is 10.1 Å². The third kappa shape index (κ3) is 3.92. The van der Waals surface area contributed by atoms with Crippen molar-refractivity contribution in [1.82, 2.24) is 15.5 Å². The highest BCUT2D eigenvalue weighted by molar-refractivity contribution is 7.17. The van der Waals surface area contributed by atoms with Gasteiger partial charge in [-0.2, -0.15) is 0 Å². The van der Waals surface area contributed by atoms with Gasteiger partial charge in [-0.1, -0.05) is 29.5 Å². The van der Waals surface area contributed by atoms with Crippen LogP contribution in [0.1, 0.15) is 9.80 Å². The lowest BCUT2D eigenvalue weighted by molar-refractivity contribution is 0.0946. The van der Waals surface area contributed by atoms with Crippen LogP contribution in [0.3, 0.4) is 0 Å². The van der Waals surface area contributed by atoms with E-state index in [9.17, 15) is 4.79 Å². The highest BCUT2D eigenvalue weighted by atomic mass is 32.1. The summed E-state index contributed by atoms with van der Waals surface area (Å²) in [6, 6.07) is 9.45. The van der Waals surface area contributed by atoms with Gasteiger partial charge in [-0.25, -0.2) is 0 Å². The number of amides is 1. The average molecular weight is 278 g/mol. The Balaban J connectivity index is 1.72. The fourth-order valence-electron chi connectivity index (χ4n) is 1.34. The Kier molecular flexibility index (Phi) is 4.68. The van der Waals surface area contributed by atoms with Gasteiger partial charge < -0.3 is 15.4 Å². The van der Waals surface area contributed by atoms with Gasteiger partial charge in [-0.05, 0) is 12.1 Å². The van der Waals surface area contributed by atoms with E-state index in [2.05, 4.69) is 20.8 Å². The van der Waals surface area contributed by atoms with E-state index in [1.165, 1.54) is 11.3 Å². The van der Waals surface area contributed by atoms with Gasteiger partial charge in [0.05, 0.1) is 6.54 Å². The maximum absolute atomic E-state index is 11.7. The van der Waals surface area contributed by atoms with Gasteiger partial charge in [0, 0.05) is 7.05 Å². The zero-order valence-corrected chi connectivity index (χ0v) is 11.2. The maximum Gasteiger partial charge on any atom is 0.282 e. The van der Waals surface area contributed by atoms with Gasteiger partial charge in [0.25, 0.3) is 5.91 Å². The van der Waals surface area contributed by atoms with Crippen LogP contribution in [0.4, 0.5) is 5.13 Å². The Morgan fingerprint density at radius 2 is 2.11 bits per heavy atom. The van der Waals surface area contributed by atoms with Crippen LogP contribution in [0.15, 0.2) is 30.3 Å². The standard InChI is InChI=1S/C12H14N4O2S/c1-13-12-16-15-11(19-12)10(17)14-7-8-18-9-5-3-2-4-6-9/h2-6H,7-8H2,1H3,(H,13,16)(H,14,17). The minimum atomic E-state index is -0.240. The van der Waals surface area contributed by atoms with Gasteiger partial charge in [0.15, 0.2) is 0 Å². The summed E-state index contributed by atoms with van der Waals surface area (Å²) in [5.41, 5.74) is 0. The molecule has 0 spiro atoms. The molecule has 0 unspecified atom stereocenters. The SMILES string of the molecule is CNc1nnc(C(=O)NCCOc2ccccc2)s1. The zero-order valence-electron chi connectivity index (χ0n) is 10.4. The number of nitrogens with one attached hydrogen (secondary N) is 2. The summed E-state index contributed by atoms with van der Waals surface area (Å²) in [6.07, 6.45) is 0. The molecule has 19 heavy (non-hydrogen) atoms. The first-order valence-corrected chi connectivity index (χ1v) is 6.58. The maximum atomic E-state index is 11.7. The van der Waals surface area contributed by atoms with Crippen LogP contribution in [0.2, 0.25) is 0 Å². The van der Waals surface area contributed by atoms with Gasteiger partial charge in [-0.15, -0.1) is 10.2 Å². The number of hydrogen-bond acceptors (Lipinski definition) is 6. The molecule has 1 aromatic heterocycles. The third-order valence-electron chi connectivity index (χ3n) is 2.23. The molecule has 0 aliphatic carbocycles. The number of para-hydroxylation sites is 1. The molecule has 1 amide bonds. The second-order valence-electron chi connectivity index (χ2n) is 3.58. The normalized spacial score (nSPS) is 9.95. The Morgan fingerprint density at radius 3 is 2.79 bits per heavy atom. The number of rotatable bonds is 6. The first-order chi connectivity index (χ1) is 9.29. The predicted molar refractivity (Wildman–Crippen MR) is 73.7 cm³/mol. The molecule has 0 atom stereocenters. The molecule has 7 heteroatoms. The molecule has 0 saturated heterocycles. The summed E-state index contributed by atoms with van der Waals surface area (Å²) in [5.74, 6) is 0.542.